The second-order valence-corrected chi connectivity index (χ2v) is 13.6. The van der Waals surface area contributed by atoms with Gasteiger partial charge in [-0.3, -0.25) is 4.55 Å². The summed E-state index contributed by atoms with van der Waals surface area (Å²) in [5.74, 6) is -2.33. The van der Waals surface area contributed by atoms with Crippen molar-refractivity contribution in [3.8, 4) is 0 Å². The van der Waals surface area contributed by atoms with Crippen LogP contribution in [0, 0.1) is 5.41 Å². The molecule has 0 aliphatic carbocycles. The molecule has 1 N–H and O–H groups in total. The maximum absolute atomic E-state index is 14.5. The van der Waals surface area contributed by atoms with Gasteiger partial charge in [0, 0.05) is 5.41 Å². The first kappa shape index (κ1) is 37.5. The van der Waals surface area contributed by atoms with E-state index >= 15 is 0 Å². The molecule has 0 amide bonds. The van der Waals surface area contributed by atoms with Crippen LogP contribution in [-0.2, 0) is 45.1 Å². The second kappa shape index (κ2) is 13.8. The van der Waals surface area contributed by atoms with Gasteiger partial charge in [0.15, 0.2) is 12.2 Å². The predicted molar refractivity (Wildman–Crippen MR) is 157 cm³/mol. The number of hydrogen-bond acceptors (Lipinski definition) is 7. The van der Waals surface area contributed by atoms with E-state index in [9.17, 15) is 26.8 Å². The number of carbonyl (C=O) groups is 2. The van der Waals surface area contributed by atoms with Gasteiger partial charge in [0.1, 0.15) is 5.60 Å². The number of benzene rings is 3. The van der Waals surface area contributed by atoms with Gasteiger partial charge in [0.25, 0.3) is 0 Å². The van der Waals surface area contributed by atoms with Crippen molar-refractivity contribution in [3.63, 3.8) is 0 Å². The maximum Gasteiger partial charge on any atom is 1.00 e. The largest absolute Gasteiger partial charge is 1.00 e. The van der Waals surface area contributed by atoms with Crippen molar-refractivity contribution in [3.05, 3.63) is 108 Å². The van der Waals surface area contributed by atoms with E-state index in [1.165, 1.54) is 12.1 Å². The molecule has 234 valence electrons. The number of carbonyl (C=O) groups excluding carboxylic acids is 2. The molecule has 0 saturated heterocycles. The summed E-state index contributed by atoms with van der Waals surface area (Å²) in [6.45, 7) is 7.71. The predicted octanol–water partition coefficient (Wildman–Crippen LogP) is 3.37. The minimum atomic E-state index is -5.92. The van der Waals surface area contributed by atoms with E-state index in [4.69, 9.17) is 18.8 Å². The fourth-order valence-electron chi connectivity index (χ4n) is 4.60. The molecular weight excluding hydrogens is 605 g/mol. The zero-order valence-corrected chi connectivity index (χ0v) is 28.7. The van der Waals surface area contributed by atoms with Crippen LogP contribution >= 0.6 is 0 Å². The molecule has 0 aliphatic rings. The average Bonchev–Trinajstić information content (AvgIpc) is 2.92. The Hall–Kier alpha value is -2.67. The summed E-state index contributed by atoms with van der Waals surface area (Å²) < 4.78 is 78.1. The Kier molecular flexibility index (Phi) is 11.7. The number of alkyl halides is 2. The van der Waals surface area contributed by atoms with Gasteiger partial charge >= 0.3 is 56.9 Å². The van der Waals surface area contributed by atoms with Crippen molar-refractivity contribution in [2.24, 2.45) is 5.41 Å². The van der Waals surface area contributed by atoms with Crippen molar-refractivity contribution in [2.45, 2.75) is 63.6 Å². The molecule has 0 radical (unpaired) electrons. The molecule has 12 heteroatoms. The van der Waals surface area contributed by atoms with E-state index in [0.29, 0.717) is 0 Å². The van der Waals surface area contributed by atoms with E-state index in [1.807, 2.05) is 0 Å². The van der Waals surface area contributed by atoms with Crippen LogP contribution in [0.1, 0.15) is 59.7 Å². The maximum atomic E-state index is 14.5. The molecule has 0 aromatic heterocycles. The number of halogens is 2. The standard InChI is InChI=1S/C32H36F2O8S.Na.H/c1-28(2,3)32(25-20-14-9-15-21-25,27(36)40-22-30(33,34)43(37,38)39)42-31(23-16-10-7-11-17-23,24-18-12-8-13-19-24)26(35)41-29(4,5)6;;/h7-21H,22H2,1-6H3,(H,37,38,39);;/q;+1;-1. The molecule has 0 heterocycles. The Bertz CT molecular complexity index is 1490. The van der Waals surface area contributed by atoms with Gasteiger partial charge < -0.3 is 15.6 Å². The summed E-state index contributed by atoms with van der Waals surface area (Å²) in [5, 5.41) is -4.82. The average molecular weight is 643 g/mol. The first-order chi connectivity index (χ1) is 19.8. The van der Waals surface area contributed by atoms with Crippen LogP contribution in [0.15, 0.2) is 91.0 Å². The molecule has 0 saturated carbocycles. The van der Waals surface area contributed by atoms with Crippen molar-refractivity contribution in [1.29, 1.82) is 0 Å². The normalized spacial score (nSPS) is 14.1. The number of rotatable bonds is 10. The van der Waals surface area contributed by atoms with E-state index in [1.54, 1.807) is 120 Å². The zero-order valence-electron chi connectivity index (χ0n) is 26.8. The van der Waals surface area contributed by atoms with Gasteiger partial charge in [-0.15, -0.1) is 0 Å². The molecule has 0 fully saturated rings. The van der Waals surface area contributed by atoms with Gasteiger partial charge in [0.2, 0.25) is 5.60 Å². The molecule has 0 bridgehead atoms. The third-order valence-electron chi connectivity index (χ3n) is 6.63. The van der Waals surface area contributed by atoms with Crippen LogP contribution in [0.2, 0.25) is 0 Å². The van der Waals surface area contributed by atoms with E-state index in [0.717, 1.165) is 0 Å². The van der Waals surface area contributed by atoms with E-state index < -0.39 is 56.1 Å². The van der Waals surface area contributed by atoms with E-state index in [2.05, 4.69) is 0 Å². The summed E-state index contributed by atoms with van der Waals surface area (Å²) in [6.07, 6.45) is 0. The number of ether oxygens (including phenoxy) is 3. The summed E-state index contributed by atoms with van der Waals surface area (Å²) in [6, 6.07) is 24.3. The summed E-state index contributed by atoms with van der Waals surface area (Å²) in [5.41, 5.74) is -6.23. The molecule has 3 aromatic carbocycles. The fourth-order valence-corrected chi connectivity index (χ4v) is 4.80. The van der Waals surface area contributed by atoms with Gasteiger partial charge in [-0.25, -0.2) is 9.59 Å². The summed E-state index contributed by atoms with van der Waals surface area (Å²) >= 11 is 0. The molecule has 44 heavy (non-hydrogen) atoms. The van der Waals surface area contributed by atoms with Gasteiger partial charge in [0.05, 0.1) is 0 Å². The summed E-state index contributed by atoms with van der Waals surface area (Å²) in [7, 11) is -5.92. The number of hydrogen-bond donors (Lipinski definition) is 1. The molecule has 3 rings (SSSR count). The quantitative estimate of drug-likeness (QED) is 0.203. The minimum Gasteiger partial charge on any atom is -1.00 e. The Morgan fingerprint density at radius 2 is 1.11 bits per heavy atom. The van der Waals surface area contributed by atoms with Crippen LogP contribution < -0.4 is 29.6 Å². The third kappa shape index (κ3) is 7.75. The fraction of sp³-hybridized carbons (Fsp3) is 0.375. The van der Waals surface area contributed by atoms with Crippen molar-refractivity contribution < 1.29 is 76.5 Å². The van der Waals surface area contributed by atoms with Crippen LogP contribution in [0.3, 0.4) is 0 Å². The molecule has 1 unspecified atom stereocenters. The topological polar surface area (TPSA) is 116 Å². The van der Waals surface area contributed by atoms with Gasteiger partial charge in [-0.1, -0.05) is 112 Å². The van der Waals surface area contributed by atoms with Crippen molar-refractivity contribution in [1.82, 2.24) is 0 Å². The van der Waals surface area contributed by atoms with Crippen LogP contribution in [0.4, 0.5) is 8.78 Å². The smallest absolute Gasteiger partial charge is 1.00 e. The first-order valence-corrected chi connectivity index (χ1v) is 14.8. The molecular formula is C32H37F2NaO8S. The Labute approximate surface area is 280 Å². The van der Waals surface area contributed by atoms with Gasteiger partial charge in [-0.2, -0.15) is 17.2 Å². The van der Waals surface area contributed by atoms with Crippen LogP contribution in [0.25, 0.3) is 0 Å². The molecule has 8 nitrogen and oxygen atoms in total. The molecule has 0 spiro atoms. The van der Waals surface area contributed by atoms with Gasteiger partial charge in [-0.05, 0) is 37.5 Å². The van der Waals surface area contributed by atoms with Crippen molar-refractivity contribution in [2.75, 3.05) is 6.61 Å². The molecule has 0 aliphatic heterocycles. The molecule has 1 atom stereocenters. The monoisotopic (exact) mass is 642 g/mol. The molecule has 3 aromatic rings. The SMILES string of the molecule is CC(C)(C)OC(=O)C(OC(C(=O)OCC(F)(F)S(=O)(=O)O)(c1ccccc1)C(C)(C)C)(c1ccccc1)c1ccccc1.[H-].[Na+]. The third-order valence-corrected chi connectivity index (χ3v) is 7.50. The minimum absolute atomic E-state index is 0. The summed E-state index contributed by atoms with van der Waals surface area (Å²) in [4.78, 5) is 28.7. The Balaban J connectivity index is 0.00000506. The van der Waals surface area contributed by atoms with Crippen molar-refractivity contribution >= 4 is 22.1 Å². The van der Waals surface area contributed by atoms with E-state index in [-0.39, 0.29) is 47.7 Å². The zero-order chi connectivity index (χ0) is 32.3. The Morgan fingerprint density at radius 1 is 0.727 bits per heavy atom. The number of esters is 2. The van der Waals surface area contributed by atoms with Crippen LogP contribution in [-0.4, -0.2) is 42.4 Å². The Morgan fingerprint density at radius 3 is 1.45 bits per heavy atom. The van der Waals surface area contributed by atoms with Crippen LogP contribution in [0.5, 0.6) is 0 Å². The first-order valence-electron chi connectivity index (χ1n) is 13.4. The second-order valence-electron chi connectivity index (χ2n) is 12.0.